The molecule has 1 atom stereocenters. The smallest absolute Gasteiger partial charge is 0.227 e. The first-order valence-corrected chi connectivity index (χ1v) is 8.52. The minimum Gasteiger partial charge on any atom is -0.383 e. The van der Waals surface area contributed by atoms with E-state index in [4.69, 9.17) is 4.74 Å². The number of benzene rings is 2. The van der Waals surface area contributed by atoms with Crippen LogP contribution in [0.4, 0.5) is 0 Å². The van der Waals surface area contributed by atoms with Gasteiger partial charge < -0.3 is 14.6 Å². The Morgan fingerprint density at radius 2 is 1.84 bits per heavy atom. The molecule has 130 valence electrons. The second-order valence-electron chi connectivity index (χ2n) is 6.34. The van der Waals surface area contributed by atoms with E-state index in [1.807, 2.05) is 60.6 Å². The van der Waals surface area contributed by atoms with Crippen molar-refractivity contribution in [3.63, 3.8) is 0 Å². The van der Waals surface area contributed by atoms with Crippen molar-refractivity contribution in [3.05, 3.63) is 71.9 Å². The summed E-state index contributed by atoms with van der Waals surface area (Å²) in [7, 11) is 3.54. The predicted octanol–water partition coefficient (Wildman–Crippen LogP) is 3.43. The number of H-pyrrole nitrogens is 1. The van der Waals surface area contributed by atoms with Gasteiger partial charge in [-0.05, 0) is 23.6 Å². The number of carbonyl (C=O) groups excluding carboxylic acids is 1. The summed E-state index contributed by atoms with van der Waals surface area (Å²) in [6.45, 7) is 0.519. The topological polar surface area (TPSA) is 45.3 Å². The van der Waals surface area contributed by atoms with Gasteiger partial charge >= 0.3 is 0 Å². The van der Waals surface area contributed by atoms with Gasteiger partial charge in [-0.1, -0.05) is 48.5 Å². The van der Waals surface area contributed by atoms with Crippen molar-refractivity contribution < 1.29 is 9.53 Å². The first-order valence-electron chi connectivity index (χ1n) is 8.52. The van der Waals surface area contributed by atoms with Crippen LogP contribution in [-0.4, -0.2) is 42.6 Å². The molecule has 0 bridgehead atoms. The molecule has 0 saturated heterocycles. The lowest BCUT2D eigenvalue weighted by Crippen LogP contribution is -2.42. The van der Waals surface area contributed by atoms with Crippen LogP contribution >= 0.6 is 0 Å². The maximum Gasteiger partial charge on any atom is 0.227 e. The van der Waals surface area contributed by atoms with Gasteiger partial charge in [0.25, 0.3) is 0 Å². The highest BCUT2D eigenvalue weighted by Gasteiger charge is 2.21. The van der Waals surface area contributed by atoms with Gasteiger partial charge in [0.2, 0.25) is 5.91 Å². The largest absolute Gasteiger partial charge is 0.383 e. The maximum atomic E-state index is 12.8. The van der Waals surface area contributed by atoms with E-state index >= 15 is 0 Å². The van der Waals surface area contributed by atoms with E-state index < -0.39 is 0 Å². The summed E-state index contributed by atoms with van der Waals surface area (Å²) in [5.41, 5.74) is 3.30. The Balaban J connectivity index is 1.72. The van der Waals surface area contributed by atoms with Crippen LogP contribution in [0.25, 0.3) is 10.9 Å². The normalized spacial score (nSPS) is 12.2. The Kier molecular flexibility index (Phi) is 5.51. The number of fused-ring (bicyclic) bond motifs is 1. The molecule has 0 spiro atoms. The molecule has 0 fully saturated rings. The lowest BCUT2D eigenvalue weighted by molar-refractivity contribution is -0.132. The van der Waals surface area contributed by atoms with Gasteiger partial charge in [-0.25, -0.2) is 0 Å². The second kappa shape index (κ2) is 7.99. The van der Waals surface area contributed by atoms with Crippen molar-refractivity contribution in [2.75, 3.05) is 20.8 Å². The predicted molar refractivity (Wildman–Crippen MR) is 101 cm³/mol. The molecule has 4 heteroatoms. The number of nitrogens with zero attached hydrogens (tertiary/aromatic N) is 1. The summed E-state index contributed by atoms with van der Waals surface area (Å²) in [6.07, 6.45) is 3.10. The van der Waals surface area contributed by atoms with Crippen LogP contribution in [-0.2, 0) is 22.4 Å². The minimum atomic E-state index is 0.0186. The highest BCUT2D eigenvalue weighted by molar-refractivity contribution is 5.88. The molecule has 0 aliphatic heterocycles. The third-order valence-corrected chi connectivity index (χ3v) is 4.63. The summed E-state index contributed by atoms with van der Waals surface area (Å²) < 4.78 is 5.35. The highest BCUT2D eigenvalue weighted by Crippen LogP contribution is 2.19. The van der Waals surface area contributed by atoms with E-state index in [1.54, 1.807) is 7.11 Å². The number of aromatic nitrogens is 1. The number of hydrogen-bond donors (Lipinski definition) is 1. The number of likely N-dealkylation sites (N-methyl/N-ethyl adjacent to an activating group) is 1. The van der Waals surface area contributed by atoms with E-state index in [-0.39, 0.29) is 11.9 Å². The van der Waals surface area contributed by atoms with E-state index in [1.165, 1.54) is 5.56 Å². The number of para-hydroxylation sites is 1. The van der Waals surface area contributed by atoms with Gasteiger partial charge in [-0.15, -0.1) is 0 Å². The molecule has 0 saturated carbocycles. The van der Waals surface area contributed by atoms with Crippen LogP contribution in [0.1, 0.15) is 11.1 Å². The Labute approximate surface area is 148 Å². The summed E-state index contributed by atoms with van der Waals surface area (Å²) in [6, 6.07) is 18.3. The molecular weight excluding hydrogens is 312 g/mol. The molecule has 25 heavy (non-hydrogen) atoms. The number of amides is 1. The Hall–Kier alpha value is -2.59. The van der Waals surface area contributed by atoms with E-state index in [0.717, 1.165) is 22.9 Å². The molecule has 1 N–H and O–H groups in total. The zero-order chi connectivity index (χ0) is 17.6. The lowest BCUT2D eigenvalue weighted by Gasteiger charge is -2.28. The number of hydrogen-bond acceptors (Lipinski definition) is 2. The fraction of sp³-hybridized carbons (Fsp3) is 0.286. The molecule has 1 amide bonds. The maximum absolute atomic E-state index is 12.8. The fourth-order valence-corrected chi connectivity index (χ4v) is 3.16. The number of nitrogens with one attached hydrogen (secondary N) is 1. The number of rotatable bonds is 7. The molecule has 1 heterocycles. The number of carbonyl (C=O) groups is 1. The zero-order valence-electron chi connectivity index (χ0n) is 14.7. The molecule has 0 aliphatic rings. The second-order valence-corrected chi connectivity index (χ2v) is 6.34. The summed E-state index contributed by atoms with van der Waals surface area (Å²) >= 11 is 0. The first kappa shape index (κ1) is 17.2. The molecule has 1 aromatic heterocycles. The van der Waals surface area contributed by atoms with Crippen LogP contribution in [0.2, 0.25) is 0 Å². The Morgan fingerprint density at radius 1 is 1.12 bits per heavy atom. The molecule has 4 nitrogen and oxygen atoms in total. The summed E-state index contributed by atoms with van der Waals surface area (Å²) in [5.74, 6) is 0.0998. The van der Waals surface area contributed by atoms with E-state index in [2.05, 4.69) is 17.1 Å². The third kappa shape index (κ3) is 4.09. The highest BCUT2D eigenvalue weighted by atomic mass is 16.5. The van der Waals surface area contributed by atoms with Crippen molar-refractivity contribution >= 4 is 16.8 Å². The van der Waals surface area contributed by atoms with Crippen molar-refractivity contribution in [2.45, 2.75) is 18.9 Å². The molecular formula is C21H24N2O2. The van der Waals surface area contributed by atoms with Gasteiger partial charge in [-0.3, -0.25) is 4.79 Å². The molecule has 3 rings (SSSR count). The monoisotopic (exact) mass is 336 g/mol. The number of methoxy groups -OCH3 is 1. The number of ether oxygens (including phenoxy) is 1. The van der Waals surface area contributed by atoms with Crippen LogP contribution in [0, 0.1) is 0 Å². The van der Waals surface area contributed by atoms with E-state index in [9.17, 15) is 4.79 Å². The minimum absolute atomic E-state index is 0.0186. The molecule has 3 aromatic rings. The Morgan fingerprint density at radius 3 is 2.60 bits per heavy atom. The van der Waals surface area contributed by atoms with Crippen molar-refractivity contribution in [1.29, 1.82) is 0 Å². The molecule has 0 aliphatic carbocycles. The van der Waals surface area contributed by atoms with Gasteiger partial charge in [0.05, 0.1) is 19.1 Å². The first-order chi connectivity index (χ1) is 12.2. The quantitative estimate of drug-likeness (QED) is 0.718. The SMILES string of the molecule is COCC(Cc1ccccc1)N(C)C(=O)Cc1c[nH]c2ccccc12. The lowest BCUT2D eigenvalue weighted by atomic mass is 10.0. The fourth-order valence-electron chi connectivity index (χ4n) is 3.16. The molecule has 0 radical (unpaired) electrons. The number of aromatic amines is 1. The van der Waals surface area contributed by atoms with Crippen molar-refractivity contribution in [3.8, 4) is 0 Å². The van der Waals surface area contributed by atoms with E-state index in [0.29, 0.717) is 13.0 Å². The van der Waals surface area contributed by atoms with Crippen molar-refractivity contribution in [1.82, 2.24) is 9.88 Å². The average molecular weight is 336 g/mol. The van der Waals surface area contributed by atoms with Crippen LogP contribution in [0.5, 0.6) is 0 Å². The van der Waals surface area contributed by atoms with Gasteiger partial charge in [0.15, 0.2) is 0 Å². The third-order valence-electron chi connectivity index (χ3n) is 4.63. The Bertz CT molecular complexity index is 826. The molecule has 1 unspecified atom stereocenters. The van der Waals surface area contributed by atoms with Crippen LogP contribution in [0.3, 0.4) is 0 Å². The van der Waals surface area contributed by atoms with Crippen LogP contribution in [0.15, 0.2) is 60.8 Å². The standard InChI is InChI=1S/C21H24N2O2/c1-23(18(15-25-2)12-16-8-4-3-5-9-16)21(24)13-17-14-22-20-11-7-6-10-19(17)20/h3-11,14,18,22H,12-13,15H2,1-2H3. The summed E-state index contributed by atoms with van der Waals surface area (Å²) in [5, 5.41) is 1.11. The van der Waals surface area contributed by atoms with Gasteiger partial charge in [-0.2, -0.15) is 0 Å². The van der Waals surface area contributed by atoms with Gasteiger partial charge in [0, 0.05) is 31.3 Å². The van der Waals surface area contributed by atoms with Gasteiger partial charge in [0.1, 0.15) is 0 Å². The van der Waals surface area contributed by atoms with Crippen molar-refractivity contribution in [2.24, 2.45) is 0 Å². The molecule has 2 aromatic carbocycles. The zero-order valence-corrected chi connectivity index (χ0v) is 14.7. The summed E-state index contributed by atoms with van der Waals surface area (Å²) in [4.78, 5) is 17.9. The average Bonchev–Trinajstić information content (AvgIpc) is 3.04. The van der Waals surface area contributed by atoms with Crippen LogP contribution < -0.4 is 0 Å².